The Balaban J connectivity index is 0.000000158. The molecule has 0 aromatic heterocycles. The largest absolute Gasteiger partial charge is 0.0616 e. The smallest absolute Gasteiger partial charge is 0.0105 e. The molecule has 0 heterocycles. The molecule has 0 atom stereocenters. The number of hydrogen-bond acceptors (Lipinski definition) is 0. The third-order valence-electron chi connectivity index (χ3n) is 5.31. The summed E-state index contributed by atoms with van der Waals surface area (Å²) < 4.78 is 0. The first-order chi connectivity index (χ1) is 17.9. The van der Waals surface area contributed by atoms with Crippen LogP contribution in [0.5, 0.6) is 0 Å². The Morgan fingerprint density at radius 1 is 0.263 bits per heavy atom. The molecule has 0 nitrogen and oxygen atoms in total. The second kappa shape index (κ2) is 12.7. The molecule has 6 rings (SSSR count). The molecule has 0 bridgehead atoms. The lowest BCUT2D eigenvalue weighted by Crippen LogP contribution is -1.93. The standard InChI is InChI=1S/2C14H10.2C5H12/c2*1-3-7-13-11(5-1)9-10-12-6-2-4-8-14(12)13;2*1-5(2,3)4/h2*1-10H;2*1-4H3. The Kier molecular flexibility index (Phi) is 9.70. The number of hydrogen-bond donors (Lipinski definition) is 0. The van der Waals surface area contributed by atoms with Crippen LogP contribution in [-0.4, -0.2) is 0 Å². The van der Waals surface area contributed by atoms with Gasteiger partial charge in [0.05, 0.1) is 0 Å². The van der Waals surface area contributed by atoms with Crippen molar-refractivity contribution in [1.29, 1.82) is 0 Å². The summed E-state index contributed by atoms with van der Waals surface area (Å²) in [6.45, 7) is 17.5. The zero-order chi connectivity index (χ0) is 27.8. The molecular weight excluding hydrogens is 456 g/mol. The van der Waals surface area contributed by atoms with Crippen molar-refractivity contribution in [1.82, 2.24) is 0 Å². The maximum Gasteiger partial charge on any atom is -0.0105 e. The van der Waals surface area contributed by atoms with Gasteiger partial charge >= 0.3 is 0 Å². The maximum absolute atomic E-state index is 2.19. The fourth-order valence-electron chi connectivity index (χ4n) is 3.91. The van der Waals surface area contributed by atoms with Crippen LogP contribution in [0.15, 0.2) is 121 Å². The first-order valence-electron chi connectivity index (χ1n) is 13.6. The van der Waals surface area contributed by atoms with Gasteiger partial charge in [0.15, 0.2) is 0 Å². The lowest BCUT2D eigenvalue weighted by Gasteiger charge is -2.05. The van der Waals surface area contributed by atoms with Crippen LogP contribution in [0.4, 0.5) is 0 Å². The molecule has 6 aromatic rings. The minimum absolute atomic E-state index is 0.500. The predicted molar refractivity (Wildman–Crippen MR) is 173 cm³/mol. The van der Waals surface area contributed by atoms with Crippen molar-refractivity contribution < 1.29 is 0 Å². The molecule has 0 N–H and O–H groups in total. The summed E-state index contributed by atoms with van der Waals surface area (Å²) >= 11 is 0. The summed E-state index contributed by atoms with van der Waals surface area (Å²) in [4.78, 5) is 0. The van der Waals surface area contributed by atoms with E-state index < -0.39 is 0 Å². The van der Waals surface area contributed by atoms with Crippen LogP contribution in [0.2, 0.25) is 0 Å². The van der Waals surface area contributed by atoms with Crippen molar-refractivity contribution in [2.24, 2.45) is 10.8 Å². The zero-order valence-corrected chi connectivity index (χ0v) is 24.5. The van der Waals surface area contributed by atoms with Gasteiger partial charge in [0.1, 0.15) is 0 Å². The van der Waals surface area contributed by atoms with Crippen molar-refractivity contribution >= 4 is 43.1 Å². The van der Waals surface area contributed by atoms with E-state index in [-0.39, 0.29) is 0 Å². The normalized spacial score (nSPS) is 11.2. The third kappa shape index (κ3) is 9.34. The highest BCUT2D eigenvalue weighted by Gasteiger charge is 1.99. The highest BCUT2D eigenvalue weighted by molar-refractivity contribution is 6.08. The lowest BCUT2D eigenvalue weighted by molar-refractivity contribution is 0.469. The maximum atomic E-state index is 2.19. The van der Waals surface area contributed by atoms with Crippen LogP contribution in [-0.2, 0) is 0 Å². The number of fused-ring (bicyclic) bond motifs is 6. The Hall–Kier alpha value is -3.64. The Bertz CT molecular complexity index is 1350. The van der Waals surface area contributed by atoms with E-state index in [0.717, 1.165) is 0 Å². The molecule has 0 spiro atoms. The average Bonchev–Trinajstić information content (AvgIpc) is 2.87. The van der Waals surface area contributed by atoms with Gasteiger partial charge in [-0.25, -0.2) is 0 Å². The van der Waals surface area contributed by atoms with Crippen molar-refractivity contribution in [3.05, 3.63) is 121 Å². The first-order valence-corrected chi connectivity index (χ1v) is 13.6. The summed E-state index contributed by atoms with van der Waals surface area (Å²) in [6.07, 6.45) is 0. The van der Waals surface area contributed by atoms with Crippen molar-refractivity contribution in [2.75, 3.05) is 0 Å². The molecule has 0 unspecified atom stereocenters. The fourth-order valence-corrected chi connectivity index (χ4v) is 3.91. The lowest BCUT2D eigenvalue weighted by atomic mass is 10.0. The van der Waals surface area contributed by atoms with Gasteiger partial charge in [-0.15, -0.1) is 0 Å². The second-order valence-electron chi connectivity index (χ2n) is 13.0. The molecule has 0 saturated carbocycles. The topological polar surface area (TPSA) is 0 Å². The average molecular weight is 501 g/mol. The van der Waals surface area contributed by atoms with Crippen LogP contribution in [0.3, 0.4) is 0 Å². The van der Waals surface area contributed by atoms with E-state index in [1.807, 2.05) is 0 Å². The first kappa shape index (κ1) is 28.9. The number of rotatable bonds is 0. The zero-order valence-electron chi connectivity index (χ0n) is 24.5. The van der Waals surface area contributed by atoms with E-state index in [2.05, 4.69) is 177 Å². The molecule has 6 aromatic carbocycles. The summed E-state index contributed by atoms with van der Waals surface area (Å²) in [5.41, 5.74) is 1.00. The van der Waals surface area contributed by atoms with Crippen molar-refractivity contribution in [3.63, 3.8) is 0 Å². The molecule has 0 amide bonds. The minimum Gasteiger partial charge on any atom is -0.0616 e. The second-order valence-corrected chi connectivity index (χ2v) is 13.0. The van der Waals surface area contributed by atoms with Crippen LogP contribution in [0, 0.1) is 10.8 Å². The highest BCUT2D eigenvalue weighted by Crippen LogP contribution is 2.25. The predicted octanol–water partition coefficient (Wildman–Crippen LogP) is 12.1. The van der Waals surface area contributed by atoms with Gasteiger partial charge in [0, 0.05) is 0 Å². The van der Waals surface area contributed by atoms with E-state index >= 15 is 0 Å². The molecular formula is C38H44. The Morgan fingerprint density at radius 3 is 0.605 bits per heavy atom. The Morgan fingerprint density at radius 2 is 0.421 bits per heavy atom. The van der Waals surface area contributed by atoms with Crippen LogP contribution < -0.4 is 0 Å². The molecule has 0 heteroatoms. The minimum atomic E-state index is 0.500. The Labute approximate surface area is 230 Å². The molecule has 196 valence electrons. The quantitative estimate of drug-likeness (QED) is 0.182. The highest BCUT2D eigenvalue weighted by atomic mass is 14.0. The van der Waals surface area contributed by atoms with E-state index in [1.165, 1.54) is 43.1 Å². The SMILES string of the molecule is CC(C)(C)C.CC(C)(C)C.c1ccc2c(c1)ccc1ccccc12.c1ccc2c(c1)ccc1ccccc12. The van der Waals surface area contributed by atoms with Gasteiger partial charge in [0.25, 0.3) is 0 Å². The molecule has 0 aliphatic carbocycles. The van der Waals surface area contributed by atoms with Gasteiger partial charge in [-0.05, 0) is 53.9 Å². The van der Waals surface area contributed by atoms with Crippen LogP contribution in [0.1, 0.15) is 55.4 Å². The van der Waals surface area contributed by atoms with E-state index in [0.29, 0.717) is 10.8 Å². The summed E-state index contributed by atoms with van der Waals surface area (Å²) in [6, 6.07) is 42.7. The summed E-state index contributed by atoms with van der Waals surface area (Å²) in [5, 5.41) is 10.6. The summed E-state index contributed by atoms with van der Waals surface area (Å²) in [5.74, 6) is 0. The monoisotopic (exact) mass is 500 g/mol. The van der Waals surface area contributed by atoms with Crippen LogP contribution in [0.25, 0.3) is 43.1 Å². The molecule has 0 aliphatic rings. The number of benzene rings is 6. The van der Waals surface area contributed by atoms with Crippen molar-refractivity contribution in [2.45, 2.75) is 55.4 Å². The van der Waals surface area contributed by atoms with Gasteiger partial charge < -0.3 is 0 Å². The molecule has 0 aliphatic heterocycles. The van der Waals surface area contributed by atoms with Gasteiger partial charge in [-0.3, -0.25) is 0 Å². The van der Waals surface area contributed by atoms with E-state index in [1.54, 1.807) is 0 Å². The fraction of sp³-hybridized carbons (Fsp3) is 0.263. The van der Waals surface area contributed by atoms with Gasteiger partial charge in [-0.2, -0.15) is 0 Å². The molecule has 0 fully saturated rings. The van der Waals surface area contributed by atoms with Crippen molar-refractivity contribution in [3.8, 4) is 0 Å². The van der Waals surface area contributed by atoms with Gasteiger partial charge in [0.2, 0.25) is 0 Å². The molecule has 0 radical (unpaired) electrons. The van der Waals surface area contributed by atoms with Crippen LogP contribution >= 0.6 is 0 Å². The van der Waals surface area contributed by atoms with E-state index in [9.17, 15) is 0 Å². The van der Waals surface area contributed by atoms with E-state index in [4.69, 9.17) is 0 Å². The third-order valence-corrected chi connectivity index (χ3v) is 5.31. The summed E-state index contributed by atoms with van der Waals surface area (Å²) in [7, 11) is 0. The molecule has 0 saturated heterocycles. The van der Waals surface area contributed by atoms with Gasteiger partial charge in [-0.1, -0.05) is 177 Å². The molecule has 38 heavy (non-hydrogen) atoms.